The predicted octanol–water partition coefficient (Wildman–Crippen LogP) is 9.81. The van der Waals surface area contributed by atoms with Crippen molar-refractivity contribution in [2.45, 2.75) is 32.1 Å². The number of rotatable bonds is 4. The summed E-state index contributed by atoms with van der Waals surface area (Å²) in [6, 6.07) is 46.0. The third-order valence-corrected chi connectivity index (χ3v) is 15.7. The Morgan fingerprint density at radius 3 is 1.15 bits per heavy atom. The molecule has 4 saturated carbocycles. The van der Waals surface area contributed by atoms with Crippen molar-refractivity contribution in [2.24, 2.45) is 23.7 Å². The third-order valence-electron chi connectivity index (χ3n) is 9.49. The van der Waals surface area contributed by atoms with Crippen LogP contribution in [0.25, 0.3) is 10.6 Å². The first-order chi connectivity index (χ1) is 19.3. The molecule has 0 amide bonds. The second-order valence-electron chi connectivity index (χ2n) is 11.9. The molecule has 0 spiro atoms. The molecule has 2 atom stereocenters. The van der Waals surface area contributed by atoms with Crippen molar-refractivity contribution in [3.63, 3.8) is 0 Å². The van der Waals surface area contributed by atoms with E-state index in [1.165, 1.54) is 53.8 Å². The standard InChI is InChI=1S/C37H34P2/c1-5-13-28(14-6-1)35-36(29-15-7-2-8-16-29)39(33-19-11-4-12-20-33)37(38(35)32-17-9-3-10-18-32)34-30-22-26-21-27(24-30)25-31(34)23-26/h1-20,26-27,30-31H,21-25H2. The van der Waals surface area contributed by atoms with Gasteiger partial charge in [-0.05, 0) is 98.4 Å². The van der Waals surface area contributed by atoms with Crippen LogP contribution in [0.1, 0.15) is 43.2 Å². The molecule has 4 aromatic carbocycles. The Kier molecular flexibility index (Phi) is 6.17. The Bertz CT molecular complexity index is 1410. The van der Waals surface area contributed by atoms with Crippen LogP contribution in [-0.2, 0) is 0 Å². The van der Waals surface area contributed by atoms with Crippen molar-refractivity contribution >= 4 is 37.1 Å². The molecule has 0 N–H and O–H groups in total. The fourth-order valence-electron chi connectivity index (χ4n) is 8.22. The van der Waals surface area contributed by atoms with E-state index >= 15 is 0 Å². The average molecular weight is 541 g/mol. The number of allylic oxidation sites excluding steroid dienone is 1. The second kappa shape index (κ2) is 10.0. The molecule has 39 heavy (non-hydrogen) atoms. The minimum atomic E-state index is -0.629. The molecule has 4 fully saturated rings. The molecule has 4 aliphatic carbocycles. The molecule has 4 bridgehead atoms. The molecule has 1 aliphatic heterocycles. The molecule has 0 saturated heterocycles. The van der Waals surface area contributed by atoms with Crippen LogP contribution in [0.2, 0.25) is 0 Å². The van der Waals surface area contributed by atoms with E-state index in [9.17, 15) is 0 Å². The topological polar surface area (TPSA) is 0 Å². The van der Waals surface area contributed by atoms with E-state index < -0.39 is 15.8 Å². The average Bonchev–Trinajstić information content (AvgIpc) is 3.34. The SMILES string of the molecule is c1ccc(C2=C(c3ccccc3)P(c3ccccc3)C(=C3C4CC5CC(C4)CC3C5)P2c2ccccc2)cc1. The molecule has 2 heteroatoms. The molecule has 5 aliphatic rings. The number of benzene rings is 4. The summed E-state index contributed by atoms with van der Waals surface area (Å²) in [6.07, 6.45) is 7.23. The van der Waals surface area contributed by atoms with Gasteiger partial charge in [0.25, 0.3) is 0 Å². The lowest BCUT2D eigenvalue weighted by molar-refractivity contribution is 0.0697. The van der Waals surface area contributed by atoms with Crippen LogP contribution in [0.15, 0.2) is 132 Å². The van der Waals surface area contributed by atoms with E-state index in [0.717, 1.165) is 23.7 Å². The van der Waals surface area contributed by atoms with E-state index in [2.05, 4.69) is 121 Å². The largest absolute Gasteiger partial charge is 0.0622 e. The zero-order chi connectivity index (χ0) is 25.8. The smallest absolute Gasteiger partial charge is 0.00116 e. The molecule has 0 aromatic heterocycles. The van der Waals surface area contributed by atoms with Gasteiger partial charge in [-0.3, -0.25) is 0 Å². The lowest BCUT2D eigenvalue weighted by Gasteiger charge is -2.52. The summed E-state index contributed by atoms with van der Waals surface area (Å²) in [5.74, 6) is 3.54. The summed E-state index contributed by atoms with van der Waals surface area (Å²) in [6.45, 7) is 0. The summed E-state index contributed by atoms with van der Waals surface area (Å²) in [7, 11) is -1.26. The lowest BCUT2D eigenvalue weighted by atomic mass is 9.54. The van der Waals surface area contributed by atoms with Gasteiger partial charge in [0.15, 0.2) is 0 Å². The Hall–Kier alpha value is -2.78. The molecular weight excluding hydrogens is 506 g/mol. The van der Waals surface area contributed by atoms with Gasteiger partial charge in [-0.25, -0.2) is 0 Å². The highest BCUT2D eigenvalue weighted by Crippen LogP contribution is 2.83. The Morgan fingerprint density at radius 2 is 0.769 bits per heavy atom. The van der Waals surface area contributed by atoms with E-state index in [1.54, 1.807) is 10.6 Å². The maximum absolute atomic E-state index is 2.43. The fourth-order valence-corrected chi connectivity index (χ4v) is 16.0. The van der Waals surface area contributed by atoms with Crippen molar-refractivity contribution in [1.29, 1.82) is 0 Å². The van der Waals surface area contributed by atoms with Crippen molar-refractivity contribution in [1.82, 2.24) is 0 Å². The van der Waals surface area contributed by atoms with Crippen molar-refractivity contribution in [3.8, 4) is 0 Å². The van der Waals surface area contributed by atoms with E-state index in [4.69, 9.17) is 0 Å². The van der Waals surface area contributed by atoms with Crippen LogP contribution < -0.4 is 10.6 Å². The van der Waals surface area contributed by atoms with Crippen LogP contribution in [-0.4, -0.2) is 0 Å². The highest BCUT2D eigenvalue weighted by molar-refractivity contribution is 8.02. The summed E-state index contributed by atoms with van der Waals surface area (Å²) in [4.78, 5) is 0. The quantitative estimate of drug-likeness (QED) is 0.226. The normalized spacial score (nSPS) is 29.3. The van der Waals surface area contributed by atoms with Crippen LogP contribution in [0.5, 0.6) is 0 Å². The van der Waals surface area contributed by atoms with Gasteiger partial charge in [0, 0.05) is 10.6 Å². The third kappa shape index (κ3) is 4.11. The maximum atomic E-state index is 2.43. The first-order valence-corrected chi connectivity index (χ1v) is 17.3. The van der Waals surface area contributed by atoms with Crippen LogP contribution in [0.3, 0.4) is 0 Å². The maximum Gasteiger partial charge on any atom is 0.00116 e. The van der Waals surface area contributed by atoms with Crippen LogP contribution >= 0.6 is 15.8 Å². The molecule has 2 unspecified atom stereocenters. The van der Waals surface area contributed by atoms with Crippen LogP contribution in [0.4, 0.5) is 0 Å². The summed E-state index contributed by atoms with van der Waals surface area (Å²) in [5.41, 5.74) is 4.73. The Morgan fingerprint density at radius 1 is 0.410 bits per heavy atom. The fraction of sp³-hybridized carbons (Fsp3) is 0.243. The lowest BCUT2D eigenvalue weighted by Crippen LogP contribution is -2.40. The van der Waals surface area contributed by atoms with Gasteiger partial charge in [-0.1, -0.05) is 127 Å². The van der Waals surface area contributed by atoms with Gasteiger partial charge >= 0.3 is 0 Å². The Labute approximate surface area is 235 Å². The van der Waals surface area contributed by atoms with E-state index in [-0.39, 0.29) is 0 Å². The minimum Gasteiger partial charge on any atom is -0.0622 e. The summed E-state index contributed by atoms with van der Waals surface area (Å²) in [5, 5.41) is 8.11. The molecule has 4 aromatic rings. The van der Waals surface area contributed by atoms with E-state index in [1.807, 2.05) is 10.6 Å². The number of hydrogen-bond acceptors (Lipinski definition) is 0. The zero-order valence-corrected chi connectivity index (χ0v) is 24.1. The van der Waals surface area contributed by atoms with Gasteiger partial charge in [-0.2, -0.15) is 0 Å². The second-order valence-corrected chi connectivity index (χ2v) is 16.4. The molecule has 0 radical (unpaired) electrons. The first kappa shape index (κ1) is 24.1. The van der Waals surface area contributed by atoms with E-state index in [0.29, 0.717) is 0 Å². The molecule has 1 heterocycles. The highest BCUT2D eigenvalue weighted by atomic mass is 31.2. The molecule has 9 rings (SSSR count). The van der Waals surface area contributed by atoms with Crippen molar-refractivity contribution < 1.29 is 0 Å². The number of hydrogen-bond donors (Lipinski definition) is 0. The highest BCUT2D eigenvalue weighted by Gasteiger charge is 2.50. The molecule has 0 nitrogen and oxygen atoms in total. The van der Waals surface area contributed by atoms with Gasteiger partial charge in [0.1, 0.15) is 0 Å². The van der Waals surface area contributed by atoms with Gasteiger partial charge in [0.2, 0.25) is 0 Å². The molecule has 192 valence electrons. The Balaban J connectivity index is 1.48. The summed E-state index contributed by atoms with van der Waals surface area (Å²) < 4.78 is 0. The van der Waals surface area contributed by atoms with Gasteiger partial charge in [-0.15, -0.1) is 0 Å². The van der Waals surface area contributed by atoms with Crippen LogP contribution in [0, 0.1) is 23.7 Å². The first-order valence-electron chi connectivity index (χ1n) is 14.6. The van der Waals surface area contributed by atoms with Gasteiger partial charge < -0.3 is 0 Å². The van der Waals surface area contributed by atoms with Gasteiger partial charge in [0.05, 0.1) is 0 Å². The summed E-state index contributed by atoms with van der Waals surface area (Å²) >= 11 is 0. The predicted molar refractivity (Wildman–Crippen MR) is 170 cm³/mol. The molecular formula is C37H34P2. The van der Waals surface area contributed by atoms with Crippen molar-refractivity contribution in [2.75, 3.05) is 0 Å². The monoisotopic (exact) mass is 540 g/mol. The zero-order valence-electron chi connectivity index (χ0n) is 22.3. The minimum absolute atomic E-state index is 0.629. The van der Waals surface area contributed by atoms with Crippen molar-refractivity contribution in [3.05, 3.63) is 143 Å².